The predicted molar refractivity (Wildman–Crippen MR) is 120 cm³/mol. The van der Waals surface area contributed by atoms with Crippen molar-refractivity contribution in [2.45, 2.75) is 38.8 Å². The summed E-state index contributed by atoms with van der Waals surface area (Å²) < 4.78 is 9.10. The molecule has 1 saturated carbocycles. The molecular weight excluding hydrogens is 466 g/mol. The van der Waals surface area contributed by atoms with E-state index in [0.717, 1.165) is 34.1 Å². The van der Waals surface area contributed by atoms with Crippen LogP contribution in [0.2, 0.25) is 5.02 Å². The number of rotatable bonds is 5. The third-order valence-electron chi connectivity index (χ3n) is 5.26. The van der Waals surface area contributed by atoms with Crippen LogP contribution in [-0.4, -0.2) is 30.1 Å². The molecule has 3 aromatic heterocycles. The molecule has 1 aliphatic rings. The molecular formula is C22H19BrClN5O. The van der Waals surface area contributed by atoms with Gasteiger partial charge in [-0.2, -0.15) is 4.98 Å². The van der Waals surface area contributed by atoms with Gasteiger partial charge in [-0.25, -0.2) is 9.97 Å². The summed E-state index contributed by atoms with van der Waals surface area (Å²) in [6.45, 7) is 4.64. The van der Waals surface area contributed by atoms with Crippen LogP contribution >= 0.6 is 27.5 Å². The van der Waals surface area contributed by atoms with Gasteiger partial charge in [0.15, 0.2) is 11.2 Å². The molecule has 1 fully saturated rings. The minimum absolute atomic E-state index is 0.168. The monoisotopic (exact) mass is 483 g/mol. The van der Waals surface area contributed by atoms with Crippen LogP contribution in [0, 0.1) is 6.92 Å². The van der Waals surface area contributed by atoms with Gasteiger partial charge in [-0.15, -0.1) is 0 Å². The third-order valence-corrected chi connectivity index (χ3v) is 6.07. The van der Waals surface area contributed by atoms with Crippen LogP contribution in [0.15, 0.2) is 47.3 Å². The van der Waals surface area contributed by atoms with Gasteiger partial charge in [-0.1, -0.05) is 27.5 Å². The highest BCUT2D eigenvalue weighted by atomic mass is 79.9. The van der Waals surface area contributed by atoms with Gasteiger partial charge in [0.1, 0.15) is 17.8 Å². The molecule has 0 unspecified atom stereocenters. The van der Waals surface area contributed by atoms with Crippen LogP contribution in [0.3, 0.4) is 0 Å². The molecule has 0 spiro atoms. The van der Waals surface area contributed by atoms with Gasteiger partial charge in [0, 0.05) is 16.2 Å². The maximum Gasteiger partial charge on any atom is 0.245 e. The van der Waals surface area contributed by atoms with Crippen LogP contribution in [0.1, 0.15) is 31.0 Å². The minimum Gasteiger partial charge on any atom is -0.470 e. The molecule has 0 atom stereocenters. The Bertz CT molecular complexity index is 1270. The lowest BCUT2D eigenvalue weighted by molar-refractivity contribution is 0.194. The second-order valence-corrected chi connectivity index (χ2v) is 9.20. The summed E-state index contributed by atoms with van der Waals surface area (Å²) in [5.74, 6) is 1.21. The quantitative estimate of drug-likeness (QED) is 0.369. The first-order valence-corrected chi connectivity index (χ1v) is 10.9. The van der Waals surface area contributed by atoms with Crippen LogP contribution in [0.5, 0.6) is 5.88 Å². The van der Waals surface area contributed by atoms with Crippen molar-refractivity contribution in [1.29, 1.82) is 0 Å². The highest BCUT2D eigenvalue weighted by molar-refractivity contribution is 9.10. The van der Waals surface area contributed by atoms with E-state index in [0.29, 0.717) is 34.4 Å². The second-order valence-electron chi connectivity index (χ2n) is 7.87. The van der Waals surface area contributed by atoms with Gasteiger partial charge in [0.2, 0.25) is 5.88 Å². The molecule has 0 amide bonds. The number of fused-ring (bicyclic) bond motifs is 1. The van der Waals surface area contributed by atoms with Crippen LogP contribution in [0.4, 0.5) is 0 Å². The van der Waals surface area contributed by atoms with Gasteiger partial charge in [0.25, 0.3) is 0 Å². The molecule has 4 aromatic rings. The summed E-state index contributed by atoms with van der Waals surface area (Å²) in [7, 11) is 0. The fraction of sp³-hybridized carbons (Fsp3) is 0.273. The molecule has 0 aliphatic heterocycles. The van der Waals surface area contributed by atoms with Crippen molar-refractivity contribution < 1.29 is 4.74 Å². The van der Waals surface area contributed by atoms with E-state index in [4.69, 9.17) is 21.3 Å². The van der Waals surface area contributed by atoms with Gasteiger partial charge in [-0.05, 0) is 62.6 Å². The number of imidazole rings is 1. The maximum atomic E-state index is 6.58. The van der Waals surface area contributed by atoms with E-state index in [1.54, 1.807) is 0 Å². The normalized spacial score (nSPS) is 14.8. The summed E-state index contributed by atoms with van der Waals surface area (Å²) in [6.07, 6.45) is 5.36. The SMILES string of the molecule is Cc1ccnc(Cn2c(-c3ccc(Br)cc3Cl)nc3c(OC4(C)CC4)ncnc32)c1. The lowest BCUT2D eigenvalue weighted by Gasteiger charge is -2.12. The van der Waals surface area contributed by atoms with E-state index in [9.17, 15) is 0 Å². The Hall–Kier alpha value is -2.51. The number of ether oxygens (including phenoxy) is 1. The van der Waals surface area contributed by atoms with E-state index in [1.807, 2.05) is 42.0 Å². The number of pyridine rings is 1. The Morgan fingerprint density at radius 3 is 2.73 bits per heavy atom. The molecule has 6 nitrogen and oxygen atoms in total. The first-order valence-electron chi connectivity index (χ1n) is 9.69. The Morgan fingerprint density at radius 1 is 1.17 bits per heavy atom. The predicted octanol–water partition coefficient (Wildman–Crippen LogP) is 5.59. The number of halogens is 2. The lowest BCUT2D eigenvalue weighted by atomic mass is 10.2. The van der Waals surface area contributed by atoms with Crippen molar-refractivity contribution in [2.24, 2.45) is 0 Å². The van der Waals surface area contributed by atoms with Crippen molar-refractivity contribution in [3.8, 4) is 17.3 Å². The van der Waals surface area contributed by atoms with Crippen molar-refractivity contribution in [2.75, 3.05) is 0 Å². The summed E-state index contributed by atoms with van der Waals surface area (Å²) in [5.41, 5.74) is 4.04. The van der Waals surface area contributed by atoms with Crippen LogP contribution in [0.25, 0.3) is 22.6 Å². The molecule has 1 aliphatic carbocycles. The number of aryl methyl sites for hydroxylation is 1. The molecule has 5 rings (SSSR count). The second kappa shape index (κ2) is 7.32. The van der Waals surface area contributed by atoms with Crippen LogP contribution in [-0.2, 0) is 6.54 Å². The number of benzene rings is 1. The first kappa shape index (κ1) is 19.5. The van der Waals surface area contributed by atoms with E-state index >= 15 is 0 Å². The number of hydrogen-bond acceptors (Lipinski definition) is 5. The van der Waals surface area contributed by atoms with Crippen molar-refractivity contribution >= 4 is 38.7 Å². The molecule has 0 saturated heterocycles. The fourth-order valence-corrected chi connectivity index (χ4v) is 4.13. The molecule has 3 heterocycles. The van der Waals surface area contributed by atoms with Crippen molar-refractivity contribution in [3.05, 3.63) is 63.6 Å². The Labute approximate surface area is 187 Å². The maximum absolute atomic E-state index is 6.58. The molecule has 0 radical (unpaired) electrons. The lowest BCUT2D eigenvalue weighted by Crippen LogP contribution is -2.13. The molecule has 0 bridgehead atoms. The van der Waals surface area contributed by atoms with E-state index in [1.165, 1.54) is 6.33 Å². The number of nitrogens with zero attached hydrogens (tertiary/aromatic N) is 5. The zero-order chi connectivity index (χ0) is 20.9. The first-order chi connectivity index (χ1) is 14.4. The number of aromatic nitrogens is 5. The van der Waals surface area contributed by atoms with Crippen molar-refractivity contribution in [3.63, 3.8) is 0 Å². The molecule has 152 valence electrons. The number of hydrogen-bond donors (Lipinski definition) is 0. The van der Waals surface area contributed by atoms with Crippen molar-refractivity contribution in [1.82, 2.24) is 24.5 Å². The summed E-state index contributed by atoms with van der Waals surface area (Å²) in [5, 5.41) is 0.600. The van der Waals surface area contributed by atoms with Gasteiger partial charge in [0.05, 0.1) is 17.3 Å². The van der Waals surface area contributed by atoms with E-state index < -0.39 is 0 Å². The summed E-state index contributed by atoms with van der Waals surface area (Å²) >= 11 is 10.1. The third kappa shape index (κ3) is 3.68. The molecule has 0 N–H and O–H groups in total. The largest absolute Gasteiger partial charge is 0.470 e. The Balaban J connectivity index is 1.71. The van der Waals surface area contributed by atoms with Crippen LogP contribution < -0.4 is 4.74 Å². The van der Waals surface area contributed by atoms with E-state index in [-0.39, 0.29) is 5.60 Å². The Kier molecular flexibility index (Phi) is 4.75. The zero-order valence-electron chi connectivity index (χ0n) is 16.6. The van der Waals surface area contributed by atoms with E-state index in [2.05, 4.69) is 43.9 Å². The average molecular weight is 485 g/mol. The topological polar surface area (TPSA) is 65.7 Å². The highest BCUT2D eigenvalue weighted by Gasteiger charge is 2.41. The Morgan fingerprint density at radius 2 is 2.00 bits per heavy atom. The summed E-state index contributed by atoms with van der Waals surface area (Å²) in [6, 6.07) is 9.79. The molecule has 8 heteroatoms. The molecule has 1 aromatic carbocycles. The summed E-state index contributed by atoms with van der Waals surface area (Å²) in [4.78, 5) is 18.3. The smallest absolute Gasteiger partial charge is 0.245 e. The average Bonchev–Trinajstić information content (AvgIpc) is 3.31. The zero-order valence-corrected chi connectivity index (χ0v) is 18.9. The highest BCUT2D eigenvalue weighted by Crippen LogP contribution is 2.41. The minimum atomic E-state index is -0.168. The van der Waals surface area contributed by atoms with Gasteiger partial charge < -0.3 is 9.30 Å². The van der Waals surface area contributed by atoms with Gasteiger partial charge in [-0.3, -0.25) is 4.98 Å². The molecule has 30 heavy (non-hydrogen) atoms. The standard InChI is InChI=1S/C22H19BrClN5O/c1-13-5-8-25-15(9-13)11-29-19(16-4-3-14(23)10-17(16)24)28-18-20(29)26-12-27-21(18)30-22(2)6-7-22/h3-5,8-10,12H,6-7,11H2,1-2H3. The van der Waals surface area contributed by atoms with Gasteiger partial charge >= 0.3 is 0 Å². The fourth-order valence-electron chi connectivity index (χ4n) is 3.38.